The van der Waals surface area contributed by atoms with Crippen molar-refractivity contribution in [3.8, 4) is 0 Å². The molecule has 0 heterocycles. The van der Waals surface area contributed by atoms with Crippen LogP contribution in [0.25, 0.3) is 0 Å². The van der Waals surface area contributed by atoms with Crippen LogP contribution in [0.4, 0.5) is 17.6 Å². The molecule has 0 aliphatic heterocycles. The van der Waals surface area contributed by atoms with E-state index in [1.807, 2.05) is 0 Å². The molecule has 0 saturated carbocycles. The Labute approximate surface area is 67.6 Å². The molecule has 2 atom stereocenters. The Bertz CT molecular complexity index is 229. The zero-order chi connectivity index (χ0) is 9.30. The highest BCUT2D eigenvalue weighted by molar-refractivity contribution is 5.31. The molecule has 0 aromatic heterocycles. The van der Waals surface area contributed by atoms with Gasteiger partial charge in [-0.2, -0.15) is 0 Å². The summed E-state index contributed by atoms with van der Waals surface area (Å²) < 4.78 is 49.5. The lowest BCUT2D eigenvalue weighted by Gasteiger charge is -2.18. The van der Waals surface area contributed by atoms with Gasteiger partial charge in [-0.15, -0.1) is 0 Å². The molecule has 0 amide bonds. The molecule has 1 aliphatic rings. The molecule has 0 saturated heterocycles. The van der Waals surface area contributed by atoms with Gasteiger partial charge >= 0.3 is 0 Å². The maximum Gasteiger partial charge on any atom is 0.266 e. The molecular weight excluding hydrogens is 172 g/mol. The van der Waals surface area contributed by atoms with Crippen LogP contribution in [0.1, 0.15) is 6.92 Å². The maximum atomic E-state index is 12.9. The third-order valence-corrected chi connectivity index (χ3v) is 1.85. The van der Waals surface area contributed by atoms with Gasteiger partial charge < -0.3 is 0 Å². The largest absolute Gasteiger partial charge is 0.266 e. The molecule has 4 heteroatoms. The van der Waals surface area contributed by atoms with Crippen LogP contribution in [-0.4, -0.2) is 12.6 Å². The van der Waals surface area contributed by atoms with Crippen LogP contribution in [0, 0.1) is 5.92 Å². The molecule has 0 N–H and O–H groups in total. The molecule has 0 spiro atoms. The highest BCUT2D eigenvalue weighted by Crippen LogP contribution is 2.31. The van der Waals surface area contributed by atoms with Crippen LogP contribution < -0.4 is 0 Å². The second-order valence-electron chi connectivity index (χ2n) is 2.70. The average molecular weight is 180 g/mol. The summed E-state index contributed by atoms with van der Waals surface area (Å²) in [5.74, 6) is -2.13. The first-order valence-electron chi connectivity index (χ1n) is 3.54. The van der Waals surface area contributed by atoms with Gasteiger partial charge in [-0.05, 0) is 6.08 Å². The Hall–Kier alpha value is -0.800. The zero-order valence-corrected chi connectivity index (χ0v) is 6.40. The van der Waals surface area contributed by atoms with Gasteiger partial charge in [-0.3, -0.25) is 0 Å². The van der Waals surface area contributed by atoms with Crippen LogP contribution in [0.3, 0.4) is 0 Å². The van der Waals surface area contributed by atoms with E-state index in [1.165, 1.54) is 6.92 Å². The molecule has 0 aromatic rings. The molecule has 0 fully saturated rings. The Balaban J connectivity index is 2.94. The van der Waals surface area contributed by atoms with Crippen molar-refractivity contribution in [2.75, 3.05) is 0 Å². The summed E-state index contributed by atoms with van der Waals surface area (Å²) >= 11 is 0. The second kappa shape index (κ2) is 3.29. The Morgan fingerprint density at radius 2 is 2.00 bits per heavy atom. The van der Waals surface area contributed by atoms with Gasteiger partial charge in [0, 0.05) is 11.5 Å². The van der Waals surface area contributed by atoms with Crippen LogP contribution >= 0.6 is 0 Å². The van der Waals surface area contributed by atoms with E-state index in [1.54, 1.807) is 0 Å². The molecule has 1 aliphatic carbocycles. The summed E-state index contributed by atoms with van der Waals surface area (Å²) in [6.07, 6.45) is -2.59. The van der Waals surface area contributed by atoms with Crippen molar-refractivity contribution < 1.29 is 17.6 Å². The van der Waals surface area contributed by atoms with E-state index < -0.39 is 29.9 Å². The normalized spacial score (nSPS) is 30.2. The number of hydrogen-bond donors (Lipinski definition) is 0. The third-order valence-electron chi connectivity index (χ3n) is 1.85. The number of rotatable bonds is 1. The minimum absolute atomic E-state index is 0.698. The van der Waals surface area contributed by atoms with Gasteiger partial charge in [0.2, 0.25) is 0 Å². The molecule has 12 heavy (non-hydrogen) atoms. The molecule has 0 bridgehead atoms. The standard InChI is InChI=1S/C8H8F4/c1-4-6(9)3-2-5(7(4)10)8(11)12/h2-4,6,8H,1H3. The third kappa shape index (κ3) is 1.52. The first-order chi connectivity index (χ1) is 5.54. The van der Waals surface area contributed by atoms with E-state index in [0.717, 1.165) is 12.2 Å². The number of alkyl halides is 3. The summed E-state index contributed by atoms with van der Waals surface area (Å²) in [6, 6.07) is 0. The van der Waals surface area contributed by atoms with Crippen LogP contribution in [0.15, 0.2) is 23.6 Å². The van der Waals surface area contributed by atoms with Gasteiger partial charge in [0.15, 0.2) is 0 Å². The lowest BCUT2D eigenvalue weighted by molar-refractivity contribution is 0.181. The Morgan fingerprint density at radius 3 is 2.50 bits per heavy atom. The van der Waals surface area contributed by atoms with Crippen molar-refractivity contribution in [2.45, 2.75) is 19.5 Å². The van der Waals surface area contributed by atoms with E-state index in [9.17, 15) is 17.6 Å². The topological polar surface area (TPSA) is 0 Å². The minimum Gasteiger partial charge on any atom is -0.242 e. The monoisotopic (exact) mass is 180 g/mol. The highest BCUT2D eigenvalue weighted by Gasteiger charge is 2.28. The van der Waals surface area contributed by atoms with Gasteiger partial charge in [0.1, 0.15) is 12.0 Å². The Kier molecular flexibility index (Phi) is 2.55. The van der Waals surface area contributed by atoms with Crippen LogP contribution in [0.2, 0.25) is 0 Å². The van der Waals surface area contributed by atoms with E-state index in [4.69, 9.17) is 0 Å². The summed E-state index contributed by atoms with van der Waals surface area (Å²) in [7, 11) is 0. The lowest BCUT2D eigenvalue weighted by Crippen LogP contribution is -2.17. The zero-order valence-electron chi connectivity index (χ0n) is 6.40. The first kappa shape index (κ1) is 9.29. The minimum atomic E-state index is -2.86. The van der Waals surface area contributed by atoms with Crippen molar-refractivity contribution in [1.82, 2.24) is 0 Å². The van der Waals surface area contributed by atoms with Gasteiger partial charge in [-0.25, -0.2) is 17.6 Å². The van der Waals surface area contributed by atoms with Crippen LogP contribution in [-0.2, 0) is 0 Å². The van der Waals surface area contributed by atoms with Crippen LogP contribution in [0.5, 0.6) is 0 Å². The van der Waals surface area contributed by atoms with Crippen molar-refractivity contribution in [3.05, 3.63) is 23.6 Å². The number of allylic oxidation sites excluding steroid dienone is 4. The summed E-state index contributed by atoms with van der Waals surface area (Å²) in [4.78, 5) is 0. The quantitative estimate of drug-likeness (QED) is 0.544. The van der Waals surface area contributed by atoms with E-state index >= 15 is 0 Å². The SMILES string of the molecule is CC1C(F)=C(C(F)F)C=CC1F. The van der Waals surface area contributed by atoms with E-state index in [0.29, 0.717) is 0 Å². The van der Waals surface area contributed by atoms with Crippen molar-refractivity contribution in [1.29, 1.82) is 0 Å². The van der Waals surface area contributed by atoms with Gasteiger partial charge in [-0.1, -0.05) is 13.0 Å². The molecule has 2 unspecified atom stereocenters. The fraction of sp³-hybridized carbons (Fsp3) is 0.500. The number of halogens is 4. The predicted molar refractivity (Wildman–Crippen MR) is 37.3 cm³/mol. The number of hydrogen-bond acceptors (Lipinski definition) is 0. The summed E-state index contributed by atoms with van der Waals surface area (Å²) in [6.45, 7) is 1.24. The maximum absolute atomic E-state index is 12.9. The Morgan fingerprint density at radius 1 is 1.42 bits per heavy atom. The fourth-order valence-electron chi connectivity index (χ4n) is 1.02. The molecular formula is C8H8F4. The fourth-order valence-corrected chi connectivity index (χ4v) is 1.02. The molecule has 1 rings (SSSR count). The van der Waals surface area contributed by atoms with Gasteiger partial charge in [0.05, 0.1) is 0 Å². The van der Waals surface area contributed by atoms with Crippen molar-refractivity contribution in [2.24, 2.45) is 5.92 Å². The molecule has 0 nitrogen and oxygen atoms in total. The van der Waals surface area contributed by atoms with E-state index in [-0.39, 0.29) is 0 Å². The van der Waals surface area contributed by atoms with Crippen molar-refractivity contribution >= 4 is 0 Å². The molecule has 68 valence electrons. The predicted octanol–water partition coefficient (Wildman–Crippen LogP) is 3.02. The average Bonchev–Trinajstić information content (AvgIpc) is 2.00. The molecule has 0 radical (unpaired) electrons. The molecule has 0 aromatic carbocycles. The van der Waals surface area contributed by atoms with E-state index in [2.05, 4.69) is 0 Å². The summed E-state index contributed by atoms with van der Waals surface area (Å²) in [5.41, 5.74) is -0.698. The summed E-state index contributed by atoms with van der Waals surface area (Å²) in [5, 5.41) is 0. The highest BCUT2D eigenvalue weighted by atomic mass is 19.3. The van der Waals surface area contributed by atoms with Gasteiger partial charge in [0.25, 0.3) is 6.43 Å². The smallest absolute Gasteiger partial charge is 0.242 e. The van der Waals surface area contributed by atoms with Crippen molar-refractivity contribution in [3.63, 3.8) is 0 Å². The first-order valence-corrected chi connectivity index (χ1v) is 3.54. The second-order valence-corrected chi connectivity index (χ2v) is 2.70. The lowest BCUT2D eigenvalue weighted by atomic mass is 9.95.